The number of nitrogens with zero attached hydrogens (tertiary/aromatic N) is 4. The normalized spacial score (nSPS) is 42.3. The lowest BCUT2D eigenvalue weighted by Crippen LogP contribution is -2.75. The molecule has 0 aliphatic heterocycles. The summed E-state index contributed by atoms with van der Waals surface area (Å²) in [6, 6.07) is 9.65. The van der Waals surface area contributed by atoms with Crippen molar-refractivity contribution in [2.75, 3.05) is 0 Å². The second-order valence-electron chi connectivity index (χ2n) is 48.6. The van der Waals surface area contributed by atoms with Gasteiger partial charge in [-0.05, 0) is 375 Å². The van der Waals surface area contributed by atoms with E-state index < -0.39 is 0 Å². The summed E-state index contributed by atoms with van der Waals surface area (Å²) in [5, 5.41) is 0. The van der Waals surface area contributed by atoms with Crippen LogP contribution in [0.25, 0.3) is 0 Å². The Kier molecular flexibility index (Phi) is 38.6. The summed E-state index contributed by atoms with van der Waals surface area (Å²) in [5.41, 5.74) is 0. The maximum Gasteiger partial charge on any atom is 0.0150 e. The van der Waals surface area contributed by atoms with Crippen molar-refractivity contribution in [2.24, 2.45) is 118 Å². The predicted molar refractivity (Wildman–Crippen MR) is 512 cm³/mol. The largest absolute Gasteiger partial charge is 0.294 e. The van der Waals surface area contributed by atoms with Crippen molar-refractivity contribution in [3.8, 4) is 0 Å². The molecule has 14 rings (SSSR count). The Hall–Kier alpha value is -0.160. The minimum atomic E-state index is 0.783. The van der Waals surface area contributed by atoms with E-state index in [1.807, 2.05) is 0 Å². The Balaban J connectivity index is 0.937. The summed E-state index contributed by atoms with van der Waals surface area (Å²) in [4.78, 5) is 15.2. The van der Waals surface area contributed by atoms with Crippen LogP contribution in [0.1, 0.15) is 532 Å². The highest BCUT2D eigenvalue weighted by atomic mass is 15.3. The van der Waals surface area contributed by atoms with Crippen molar-refractivity contribution in [3.05, 3.63) is 0 Å². The van der Waals surface area contributed by atoms with Crippen LogP contribution in [0.15, 0.2) is 0 Å². The quantitative estimate of drug-likeness (QED) is 0.0565. The molecule has 14 fully saturated rings. The molecule has 682 valence electrons. The minimum absolute atomic E-state index is 0.783. The molecule has 14 saturated carbocycles. The van der Waals surface area contributed by atoms with E-state index in [1.54, 1.807) is 180 Å². The van der Waals surface area contributed by atoms with E-state index in [9.17, 15) is 0 Å². The molecule has 4 nitrogen and oxygen atoms in total. The molecule has 0 saturated heterocycles. The molecular formula is C114H206N4. The zero-order valence-corrected chi connectivity index (χ0v) is 81.2. The summed E-state index contributed by atoms with van der Waals surface area (Å²) in [7, 11) is 0. The summed E-state index contributed by atoms with van der Waals surface area (Å²) in [6.07, 6.45) is 109. The Morgan fingerprint density at radius 2 is 0.356 bits per heavy atom. The zero-order chi connectivity index (χ0) is 81.7. The van der Waals surface area contributed by atoms with Crippen LogP contribution in [0.2, 0.25) is 0 Å². The van der Waals surface area contributed by atoms with Crippen molar-refractivity contribution < 1.29 is 0 Å². The lowest BCUT2D eigenvalue weighted by Gasteiger charge is -2.73. The van der Waals surface area contributed by atoms with Crippen LogP contribution >= 0.6 is 0 Å². The molecule has 0 aromatic heterocycles. The van der Waals surface area contributed by atoms with Crippen molar-refractivity contribution in [1.82, 2.24) is 19.6 Å². The van der Waals surface area contributed by atoms with Gasteiger partial charge in [0, 0.05) is 72.5 Å². The lowest BCUT2D eigenvalue weighted by atomic mass is 9.38. The first-order valence-corrected chi connectivity index (χ1v) is 57.0. The highest BCUT2D eigenvalue weighted by molar-refractivity contribution is 5.21. The molecule has 0 amide bonds. The maximum atomic E-state index is 3.80. The Morgan fingerprint density at radius 1 is 0.169 bits per heavy atom. The molecule has 0 radical (unpaired) electrons. The molecule has 0 spiro atoms. The molecule has 0 bridgehead atoms. The molecular weight excluding hydrogens is 1430 g/mol. The van der Waals surface area contributed by atoms with E-state index in [-0.39, 0.29) is 0 Å². The van der Waals surface area contributed by atoms with Gasteiger partial charge in [-0.2, -0.15) is 0 Å². The number of hydrogen-bond donors (Lipinski definition) is 0. The van der Waals surface area contributed by atoms with Gasteiger partial charge in [0.25, 0.3) is 0 Å². The van der Waals surface area contributed by atoms with Gasteiger partial charge in [0.15, 0.2) is 0 Å². The smallest absolute Gasteiger partial charge is 0.0150 e. The first kappa shape index (κ1) is 94.0. The summed E-state index contributed by atoms with van der Waals surface area (Å²) in [5.74, 6) is 18.6. The monoisotopic (exact) mass is 1630 g/mol. The number of rotatable bonds is 42. The average molecular weight is 1630 g/mol. The Bertz CT molecular complexity index is 2460. The fourth-order valence-corrected chi connectivity index (χ4v) is 33.6. The topological polar surface area (TPSA) is 13.0 Å². The highest BCUT2D eigenvalue weighted by Crippen LogP contribution is 2.70. The van der Waals surface area contributed by atoms with E-state index in [0.29, 0.717) is 0 Å². The highest BCUT2D eigenvalue weighted by Gasteiger charge is 2.69. The van der Waals surface area contributed by atoms with Crippen LogP contribution in [0.4, 0.5) is 0 Å². The molecule has 12 unspecified atom stereocenters. The second kappa shape index (κ2) is 48.5. The molecule has 0 aromatic rings. The van der Waals surface area contributed by atoms with E-state index in [1.165, 1.54) is 283 Å². The van der Waals surface area contributed by atoms with Gasteiger partial charge in [-0.3, -0.25) is 19.6 Å². The molecule has 12 atom stereocenters. The maximum absolute atomic E-state index is 3.80. The van der Waals surface area contributed by atoms with Gasteiger partial charge in [0.05, 0.1) is 0 Å². The van der Waals surface area contributed by atoms with Gasteiger partial charge in [0.2, 0.25) is 0 Å². The fourth-order valence-electron chi connectivity index (χ4n) is 33.6. The van der Waals surface area contributed by atoms with Crippen molar-refractivity contribution >= 4 is 0 Å². The van der Waals surface area contributed by atoms with Gasteiger partial charge < -0.3 is 0 Å². The van der Waals surface area contributed by atoms with Gasteiger partial charge in [-0.25, -0.2) is 0 Å². The second-order valence-corrected chi connectivity index (χ2v) is 48.6. The van der Waals surface area contributed by atoms with Crippen molar-refractivity contribution in [3.63, 3.8) is 0 Å². The average Bonchev–Trinajstić information content (AvgIpc) is 0.684. The van der Waals surface area contributed by atoms with Gasteiger partial charge in [-0.1, -0.05) is 275 Å². The molecule has 0 N–H and O–H groups in total. The third-order valence-corrected chi connectivity index (χ3v) is 40.5. The Morgan fingerprint density at radius 3 is 0.576 bits per heavy atom. The van der Waals surface area contributed by atoms with E-state index in [4.69, 9.17) is 0 Å². The SMILES string of the molecule is CCCCCCCCC1CCC(N(C2CCC(C)CC2)C2CC(N(C3CCC(C)CC3)C3CCC(CCCCCCCC)CC3)C3C(C4CCC(C)CC4)CC4C5C3C2CC(C2CCC(C)CC2)C5C(N(C2CCC(C)CC2)C2CCC(CCCCCCCC)CC2)CC4N(C2CCC(C)CC2)C2CCC(CCCCCCCC)CC2)CC1. The van der Waals surface area contributed by atoms with Gasteiger partial charge >= 0.3 is 0 Å². The van der Waals surface area contributed by atoms with E-state index in [2.05, 4.69) is 88.8 Å². The summed E-state index contributed by atoms with van der Waals surface area (Å²) < 4.78 is 0. The Labute approximate surface area is 737 Å². The van der Waals surface area contributed by atoms with Crippen molar-refractivity contribution in [1.29, 1.82) is 0 Å². The first-order valence-electron chi connectivity index (χ1n) is 57.0. The molecule has 14 aliphatic carbocycles. The van der Waals surface area contributed by atoms with E-state index >= 15 is 0 Å². The first-order chi connectivity index (χ1) is 57.9. The summed E-state index contributed by atoms with van der Waals surface area (Å²) in [6.45, 7) is 26.0. The molecule has 0 heterocycles. The molecule has 4 heteroatoms. The molecule has 0 aromatic carbocycles. The van der Waals surface area contributed by atoms with Gasteiger partial charge in [0.1, 0.15) is 0 Å². The zero-order valence-electron chi connectivity index (χ0n) is 81.2. The third-order valence-electron chi connectivity index (χ3n) is 40.5. The minimum Gasteiger partial charge on any atom is -0.294 e. The van der Waals surface area contributed by atoms with Crippen LogP contribution in [-0.4, -0.2) is 92.1 Å². The lowest BCUT2D eigenvalue weighted by molar-refractivity contribution is -0.235. The molecule has 118 heavy (non-hydrogen) atoms. The fraction of sp³-hybridized carbons (Fsp3) is 1.00. The standard InChI is InChI=1S/C114H206N4/c1-11-15-19-23-27-31-35-89-51-71-99(72-52-89)115(95-63-43-85(7)44-64-95)107-81-109(117(97-67-47-87(9)48-68-97)101-75-55-91(56-76-101)37-33-29-25-21-17-13-3)111-104(94-61-41-84(6)42-62-94)80-106-108(116(96-65-45-86(8)46-66-96)100-73-53-90(54-74-100)36-32-28-24-20-16-12-2)82-110(112-103(79-105(107)113(111)114(106)112)93-59-39-83(5)40-60-93)118(98-69-49-88(10)50-70-98)102-77-57-92(58-78-102)38-34-30-26-22-18-14-4/h83-114H,11-82H2,1-10H3. The van der Waals surface area contributed by atoms with E-state index in [0.717, 1.165) is 191 Å². The summed E-state index contributed by atoms with van der Waals surface area (Å²) >= 11 is 0. The van der Waals surface area contributed by atoms with Crippen LogP contribution < -0.4 is 0 Å². The predicted octanol–water partition coefficient (Wildman–Crippen LogP) is 33.4. The van der Waals surface area contributed by atoms with Crippen LogP contribution in [0.3, 0.4) is 0 Å². The van der Waals surface area contributed by atoms with Crippen LogP contribution in [0.5, 0.6) is 0 Å². The van der Waals surface area contributed by atoms with Crippen LogP contribution in [-0.2, 0) is 0 Å². The van der Waals surface area contributed by atoms with Crippen LogP contribution in [0, 0.1) is 118 Å². The molecule has 14 aliphatic rings. The number of unbranched alkanes of at least 4 members (excludes halogenated alkanes) is 20. The van der Waals surface area contributed by atoms with Crippen molar-refractivity contribution in [2.45, 2.75) is 604 Å². The third kappa shape index (κ3) is 24.9. The van der Waals surface area contributed by atoms with Gasteiger partial charge in [-0.15, -0.1) is 0 Å². The number of hydrogen-bond acceptors (Lipinski definition) is 4.